The molecular weight excluding hydrogens is 222 g/mol. The fourth-order valence-electron chi connectivity index (χ4n) is 3.09. The van der Waals surface area contributed by atoms with Crippen molar-refractivity contribution in [1.82, 2.24) is 0 Å². The minimum absolute atomic E-state index is 0.166. The standard InChI is InChI=1S/C12H19NO4/c1-6(14)12(13,11(16)17)10(15)9-5-7-2-3-8(9)4-7/h2-3,6-10,14-15H,4-5,13H2,1H3,(H,16,17)/t6?,7?,8?,9?,10-,12-/m1/s1. The molecule has 1 fully saturated rings. The summed E-state index contributed by atoms with van der Waals surface area (Å²) in [5, 5.41) is 28.9. The summed E-state index contributed by atoms with van der Waals surface area (Å²) in [6, 6.07) is 0. The van der Waals surface area contributed by atoms with Gasteiger partial charge in [-0.3, -0.25) is 4.79 Å². The Labute approximate surface area is 99.9 Å². The molecule has 5 heteroatoms. The fourth-order valence-corrected chi connectivity index (χ4v) is 3.09. The van der Waals surface area contributed by atoms with E-state index in [1.807, 2.05) is 6.08 Å². The van der Waals surface area contributed by atoms with E-state index < -0.39 is 23.7 Å². The molecule has 0 aromatic carbocycles. The summed E-state index contributed by atoms with van der Waals surface area (Å²) in [5.41, 5.74) is 3.73. The molecule has 0 radical (unpaired) electrons. The van der Waals surface area contributed by atoms with Crippen molar-refractivity contribution in [1.29, 1.82) is 0 Å². The van der Waals surface area contributed by atoms with Gasteiger partial charge in [-0.2, -0.15) is 0 Å². The van der Waals surface area contributed by atoms with Crippen molar-refractivity contribution in [2.45, 2.75) is 37.5 Å². The van der Waals surface area contributed by atoms with Gasteiger partial charge in [0.05, 0.1) is 12.2 Å². The molecule has 2 aliphatic rings. The van der Waals surface area contributed by atoms with Crippen LogP contribution in [0.1, 0.15) is 19.8 Å². The van der Waals surface area contributed by atoms with Crippen molar-refractivity contribution >= 4 is 5.97 Å². The molecule has 0 spiro atoms. The number of hydrogen-bond donors (Lipinski definition) is 4. The van der Waals surface area contributed by atoms with Crippen molar-refractivity contribution < 1.29 is 20.1 Å². The van der Waals surface area contributed by atoms with E-state index in [0.29, 0.717) is 5.92 Å². The third-order valence-corrected chi connectivity index (χ3v) is 4.29. The summed E-state index contributed by atoms with van der Waals surface area (Å²) in [4.78, 5) is 11.2. The zero-order valence-electron chi connectivity index (χ0n) is 9.78. The van der Waals surface area contributed by atoms with E-state index in [0.717, 1.165) is 12.8 Å². The molecule has 0 saturated heterocycles. The molecule has 5 nitrogen and oxygen atoms in total. The molecule has 4 unspecified atom stereocenters. The van der Waals surface area contributed by atoms with Crippen LogP contribution in [-0.2, 0) is 4.79 Å². The lowest BCUT2D eigenvalue weighted by atomic mass is 9.76. The first-order valence-electron chi connectivity index (χ1n) is 5.94. The second-order valence-electron chi connectivity index (χ2n) is 5.30. The van der Waals surface area contributed by atoms with Crippen LogP contribution in [0.3, 0.4) is 0 Å². The lowest BCUT2D eigenvalue weighted by Gasteiger charge is -2.37. The van der Waals surface area contributed by atoms with E-state index in [2.05, 4.69) is 6.08 Å². The first-order valence-corrected chi connectivity index (χ1v) is 5.94. The molecule has 96 valence electrons. The molecule has 0 aromatic rings. The number of aliphatic carboxylic acids is 1. The summed E-state index contributed by atoms with van der Waals surface area (Å²) in [5.74, 6) is -0.907. The number of carbonyl (C=O) groups is 1. The number of hydrogen-bond acceptors (Lipinski definition) is 4. The highest BCUT2D eigenvalue weighted by atomic mass is 16.4. The van der Waals surface area contributed by atoms with Crippen LogP contribution in [0.25, 0.3) is 0 Å². The van der Waals surface area contributed by atoms with Crippen molar-refractivity contribution in [2.24, 2.45) is 23.5 Å². The van der Waals surface area contributed by atoms with E-state index in [9.17, 15) is 15.0 Å². The molecule has 0 heterocycles. The third-order valence-electron chi connectivity index (χ3n) is 4.29. The van der Waals surface area contributed by atoms with Gasteiger partial charge in [0.15, 0.2) is 5.54 Å². The molecule has 0 aromatic heterocycles. The Morgan fingerprint density at radius 3 is 2.41 bits per heavy atom. The second kappa shape index (κ2) is 4.08. The van der Waals surface area contributed by atoms with Gasteiger partial charge >= 0.3 is 5.97 Å². The Bertz CT molecular complexity index is 354. The molecule has 2 rings (SSSR count). The molecule has 2 bridgehead atoms. The maximum Gasteiger partial charge on any atom is 0.329 e. The molecule has 0 amide bonds. The predicted octanol–water partition coefficient (Wildman–Crippen LogP) is -0.278. The number of allylic oxidation sites excluding steroid dienone is 2. The number of aliphatic hydroxyl groups is 2. The highest BCUT2D eigenvalue weighted by Gasteiger charge is 2.53. The SMILES string of the molecule is CC(O)[C@](N)(C(=O)O)[C@H](O)C1CC2C=CC1C2. The molecule has 17 heavy (non-hydrogen) atoms. The van der Waals surface area contributed by atoms with Crippen molar-refractivity contribution in [3.63, 3.8) is 0 Å². The summed E-state index contributed by atoms with van der Waals surface area (Å²) in [6.07, 6.45) is 3.32. The largest absolute Gasteiger partial charge is 0.480 e. The molecule has 0 aliphatic heterocycles. The van der Waals surface area contributed by atoms with Gasteiger partial charge in [-0.05, 0) is 37.5 Å². The number of carboxylic acid groups (broad SMARTS) is 1. The topological polar surface area (TPSA) is 104 Å². The average Bonchev–Trinajstić information content (AvgIpc) is 2.87. The van der Waals surface area contributed by atoms with E-state index in [4.69, 9.17) is 10.8 Å². The van der Waals surface area contributed by atoms with Crippen LogP contribution in [0.15, 0.2) is 12.2 Å². The minimum atomic E-state index is -1.98. The predicted molar refractivity (Wildman–Crippen MR) is 61.1 cm³/mol. The number of nitrogens with two attached hydrogens (primary N) is 1. The summed E-state index contributed by atoms with van der Waals surface area (Å²) >= 11 is 0. The van der Waals surface area contributed by atoms with Gasteiger partial charge in [0.1, 0.15) is 0 Å². The van der Waals surface area contributed by atoms with Gasteiger partial charge in [0.25, 0.3) is 0 Å². The summed E-state index contributed by atoms with van der Waals surface area (Å²) in [6.45, 7) is 1.31. The molecule has 6 atom stereocenters. The fraction of sp³-hybridized carbons (Fsp3) is 0.750. The maximum atomic E-state index is 11.2. The van der Waals surface area contributed by atoms with Crippen molar-refractivity contribution in [3.8, 4) is 0 Å². The van der Waals surface area contributed by atoms with E-state index in [-0.39, 0.29) is 11.8 Å². The summed E-state index contributed by atoms with van der Waals surface area (Å²) < 4.78 is 0. The zero-order valence-corrected chi connectivity index (χ0v) is 9.78. The molecule has 2 aliphatic carbocycles. The highest BCUT2D eigenvalue weighted by molar-refractivity contribution is 5.80. The van der Waals surface area contributed by atoms with Crippen LogP contribution in [0.2, 0.25) is 0 Å². The lowest BCUT2D eigenvalue weighted by molar-refractivity contribution is -0.157. The van der Waals surface area contributed by atoms with E-state index in [1.165, 1.54) is 6.92 Å². The van der Waals surface area contributed by atoms with Gasteiger partial charge < -0.3 is 21.1 Å². The number of fused-ring (bicyclic) bond motifs is 2. The van der Waals surface area contributed by atoms with Crippen molar-refractivity contribution in [2.75, 3.05) is 0 Å². The van der Waals surface area contributed by atoms with Crippen LogP contribution in [0, 0.1) is 17.8 Å². The normalized spacial score (nSPS) is 37.8. The molecular formula is C12H19NO4. The number of aliphatic hydroxyl groups excluding tert-OH is 2. The smallest absolute Gasteiger partial charge is 0.329 e. The van der Waals surface area contributed by atoms with Crippen LogP contribution in [0.4, 0.5) is 0 Å². The first-order chi connectivity index (χ1) is 7.87. The summed E-state index contributed by atoms with van der Waals surface area (Å²) in [7, 11) is 0. The van der Waals surface area contributed by atoms with Gasteiger partial charge in [0, 0.05) is 0 Å². The Hall–Kier alpha value is -0.910. The second-order valence-corrected chi connectivity index (χ2v) is 5.30. The van der Waals surface area contributed by atoms with Gasteiger partial charge in [0.2, 0.25) is 0 Å². The van der Waals surface area contributed by atoms with Gasteiger partial charge in [-0.1, -0.05) is 12.2 Å². The zero-order chi connectivity index (χ0) is 12.8. The van der Waals surface area contributed by atoms with Crippen LogP contribution in [0.5, 0.6) is 0 Å². The Kier molecular flexibility index (Phi) is 3.01. The van der Waals surface area contributed by atoms with Gasteiger partial charge in [-0.25, -0.2) is 0 Å². The van der Waals surface area contributed by atoms with E-state index >= 15 is 0 Å². The minimum Gasteiger partial charge on any atom is -0.480 e. The Balaban J connectivity index is 2.21. The average molecular weight is 241 g/mol. The monoisotopic (exact) mass is 241 g/mol. The third kappa shape index (κ3) is 1.78. The van der Waals surface area contributed by atoms with Gasteiger partial charge in [-0.15, -0.1) is 0 Å². The quantitative estimate of drug-likeness (QED) is 0.507. The van der Waals surface area contributed by atoms with E-state index in [1.54, 1.807) is 0 Å². The highest BCUT2D eigenvalue weighted by Crippen LogP contribution is 2.46. The molecule has 5 N–H and O–H groups in total. The number of rotatable bonds is 4. The Morgan fingerprint density at radius 1 is 1.41 bits per heavy atom. The Morgan fingerprint density at radius 2 is 2.06 bits per heavy atom. The first kappa shape index (κ1) is 12.5. The van der Waals surface area contributed by atoms with Crippen molar-refractivity contribution in [3.05, 3.63) is 12.2 Å². The number of carboxylic acids is 1. The van der Waals surface area contributed by atoms with Crippen LogP contribution in [-0.4, -0.2) is 39.0 Å². The molecule has 1 saturated carbocycles. The lowest BCUT2D eigenvalue weighted by Crippen LogP contribution is -2.66. The van der Waals surface area contributed by atoms with Crippen LogP contribution >= 0.6 is 0 Å². The van der Waals surface area contributed by atoms with Crippen LogP contribution < -0.4 is 5.73 Å². The maximum absolute atomic E-state index is 11.2.